The van der Waals surface area contributed by atoms with Crippen LogP contribution in [-0.2, 0) is 0 Å². The van der Waals surface area contributed by atoms with Gasteiger partial charge >= 0.3 is 0 Å². The molecule has 1 aliphatic rings. The van der Waals surface area contributed by atoms with E-state index >= 15 is 0 Å². The van der Waals surface area contributed by atoms with E-state index < -0.39 is 0 Å². The molecule has 1 heteroatoms. The smallest absolute Gasteiger partial charge is 0.00339 e. The zero-order valence-corrected chi connectivity index (χ0v) is 9.23. The van der Waals surface area contributed by atoms with Crippen LogP contribution >= 0.6 is 15.9 Å². The summed E-state index contributed by atoms with van der Waals surface area (Å²) in [5.41, 5.74) is 0. The van der Waals surface area contributed by atoms with Crippen molar-refractivity contribution >= 4 is 15.9 Å². The van der Waals surface area contributed by atoms with Crippen LogP contribution in [0.1, 0.15) is 39.5 Å². The molecule has 0 aromatic heterocycles. The van der Waals surface area contributed by atoms with Crippen molar-refractivity contribution < 1.29 is 0 Å². The SMILES string of the molecule is CC1CCC(CCBr)CC1C. The van der Waals surface area contributed by atoms with Crippen molar-refractivity contribution in [2.24, 2.45) is 17.8 Å². The van der Waals surface area contributed by atoms with Gasteiger partial charge in [-0.25, -0.2) is 0 Å². The molecule has 0 N–H and O–H groups in total. The molecule has 0 aromatic carbocycles. The van der Waals surface area contributed by atoms with Gasteiger partial charge < -0.3 is 0 Å². The Morgan fingerprint density at radius 3 is 2.45 bits per heavy atom. The van der Waals surface area contributed by atoms with Gasteiger partial charge in [-0.1, -0.05) is 42.6 Å². The van der Waals surface area contributed by atoms with Crippen LogP contribution in [-0.4, -0.2) is 5.33 Å². The largest absolute Gasteiger partial charge is 0.0928 e. The Labute approximate surface area is 78.9 Å². The van der Waals surface area contributed by atoms with E-state index in [4.69, 9.17) is 0 Å². The van der Waals surface area contributed by atoms with Gasteiger partial charge in [-0.3, -0.25) is 0 Å². The molecule has 3 unspecified atom stereocenters. The third-order valence-electron chi connectivity index (χ3n) is 3.22. The first kappa shape index (κ1) is 9.57. The fraction of sp³-hybridized carbons (Fsp3) is 1.00. The highest BCUT2D eigenvalue weighted by atomic mass is 79.9. The molecule has 66 valence electrons. The fourth-order valence-electron chi connectivity index (χ4n) is 2.08. The highest BCUT2D eigenvalue weighted by molar-refractivity contribution is 9.09. The van der Waals surface area contributed by atoms with Gasteiger partial charge in [0.2, 0.25) is 0 Å². The summed E-state index contributed by atoms with van der Waals surface area (Å²) in [7, 11) is 0. The Morgan fingerprint density at radius 1 is 1.18 bits per heavy atom. The van der Waals surface area contributed by atoms with Crippen LogP contribution in [0.3, 0.4) is 0 Å². The molecule has 1 aliphatic carbocycles. The lowest BCUT2D eigenvalue weighted by atomic mass is 9.75. The van der Waals surface area contributed by atoms with Crippen LogP contribution in [0.2, 0.25) is 0 Å². The first-order valence-corrected chi connectivity index (χ1v) is 5.92. The van der Waals surface area contributed by atoms with E-state index in [2.05, 4.69) is 29.8 Å². The molecule has 0 amide bonds. The maximum atomic E-state index is 3.52. The second-order valence-corrected chi connectivity index (χ2v) is 4.90. The summed E-state index contributed by atoms with van der Waals surface area (Å²) >= 11 is 3.52. The molecule has 0 aliphatic heterocycles. The van der Waals surface area contributed by atoms with Crippen molar-refractivity contribution in [3.05, 3.63) is 0 Å². The number of alkyl halides is 1. The topological polar surface area (TPSA) is 0 Å². The average molecular weight is 219 g/mol. The molecule has 0 radical (unpaired) electrons. The molecule has 3 atom stereocenters. The van der Waals surface area contributed by atoms with Crippen LogP contribution < -0.4 is 0 Å². The summed E-state index contributed by atoms with van der Waals surface area (Å²) < 4.78 is 0. The van der Waals surface area contributed by atoms with Crippen LogP contribution in [0, 0.1) is 17.8 Å². The molecule has 0 bridgehead atoms. The fourth-order valence-corrected chi connectivity index (χ4v) is 2.72. The van der Waals surface area contributed by atoms with Crippen LogP contribution in [0.25, 0.3) is 0 Å². The maximum Gasteiger partial charge on any atom is 0.00339 e. The van der Waals surface area contributed by atoms with Gasteiger partial charge in [-0.2, -0.15) is 0 Å². The van der Waals surface area contributed by atoms with E-state index in [9.17, 15) is 0 Å². The van der Waals surface area contributed by atoms with Gasteiger partial charge in [-0.15, -0.1) is 0 Å². The molecule has 11 heavy (non-hydrogen) atoms. The highest BCUT2D eigenvalue weighted by Crippen LogP contribution is 2.34. The second-order valence-electron chi connectivity index (χ2n) is 4.11. The quantitative estimate of drug-likeness (QED) is 0.619. The van der Waals surface area contributed by atoms with E-state index in [1.165, 1.54) is 31.0 Å². The number of hydrogen-bond donors (Lipinski definition) is 0. The minimum absolute atomic E-state index is 0.966. The number of rotatable bonds is 2. The van der Waals surface area contributed by atoms with Crippen molar-refractivity contribution in [1.29, 1.82) is 0 Å². The third kappa shape index (κ3) is 2.77. The van der Waals surface area contributed by atoms with Crippen LogP contribution in [0.15, 0.2) is 0 Å². The molecule has 1 saturated carbocycles. The predicted octanol–water partition coefficient (Wildman–Crippen LogP) is 3.84. The van der Waals surface area contributed by atoms with Crippen molar-refractivity contribution in [3.63, 3.8) is 0 Å². The minimum atomic E-state index is 0.966. The first-order valence-electron chi connectivity index (χ1n) is 4.80. The standard InChI is InChI=1S/C10H19Br/c1-8-3-4-10(5-6-11)7-9(8)2/h8-10H,3-7H2,1-2H3. The molecule has 0 saturated heterocycles. The third-order valence-corrected chi connectivity index (χ3v) is 3.68. The monoisotopic (exact) mass is 218 g/mol. The van der Waals surface area contributed by atoms with Gasteiger partial charge in [0.1, 0.15) is 0 Å². The average Bonchev–Trinajstić information content (AvgIpc) is 1.98. The molecule has 0 heterocycles. The van der Waals surface area contributed by atoms with E-state index in [1.807, 2.05) is 0 Å². The van der Waals surface area contributed by atoms with E-state index in [0.717, 1.165) is 17.8 Å². The lowest BCUT2D eigenvalue weighted by molar-refractivity contribution is 0.206. The summed E-state index contributed by atoms with van der Waals surface area (Å²) in [6.45, 7) is 4.81. The number of hydrogen-bond acceptors (Lipinski definition) is 0. The molecule has 0 nitrogen and oxygen atoms in total. The zero-order chi connectivity index (χ0) is 8.27. The summed E-state index contributed by atoms with van der Waals surface area (Å²) in [5, 5.41) is 1.19. The zero-order valence-electron chi connectivity index (χ0n) is 7.65. The van der Waals surface area contributed by atoms with Gasteiger partial charge in [-0.05, 0) is 30.6 Å². The lowest BCUT2D eigenvalue weighted by Crippen LogP contribution is -2.20. The Kier molecular flexibility index (Phi) is 3.91. The molecule has 0 spiro atoms. The molecular weight excluding hydrogens is 200 g/mol. The summed E-state index contributed by atoms with van der Waals surface area (Å²) in [6, 6.07) is 0. The Balaban J connectivity index is 2.28. The maximum absolute atomic E-state index is 3.52. The van der Waals surface area contributed by atoms with Crippen LogP contribution in [0.5, 0.6) is 0 Å². The van der Waals surface area contributed by atoms with Crippen molar-refractivity contribution in [3.8, 4) is 0 Å². The summed E-state index contributed by atoms with van der Waals surface area (Å²) in [4.78, 5) is 0. The first-order chi connectivity index (χ1) is 5.24. The van der Waals surface area contributed by atoms with Gasteiger partial charge in [0.05, 0.1) is 0 Å². The van der Waals surface area contributed by atoms with E-state index in [1.54, 1.807) is 0 Å². The van der Waals surface area contributed by atoms with Crippen LogP contribution in [0.4, 0.5) is 0 Å². The van der Waals surface area contributed by atoms with E-state index in [0.29, 0.717) is 0 Å². The normalized spacial score (nSPS) is 39.0. The van der Waals surface area contributed by atoms with Crippen molar-refractivity contribution in [1.82, 2.24) is 0 Å². The number of halogens is 1. The minimum Gasteiger partial charge on any atom is -0.0928 e. The summed E-state index contributed by atoms with van der Waals surface area (Å²) in [6.07, 6.45) is 5.78. The second kappa shape index (κ2) is 4.49. The van der Waals surface area contributed by atoms with E-state index in [-0.39, 0.29) is 0 Å². The Morgan fingerprint density at radius 2 is 1.91 bits per heavy atom. The molecule has 1 fully saturated rings. The lowest BCUT2D eigenvalue weighted by Gasteiger charge is -2.31. The Bertz CT molecular complexity index is 111. The molecular formula is C10H19Br. The molecule has 1 rings (SSSR count). The van der Waals surface area contributed by atoms with Crippen molar-refractivity contribution in [2.45, 2.75) is 39.5 Å². The Hall–Kier alpha value is 0.480. The van der Waals surface area contributed by atoms with Gasteiger partial charge in [0.15, 0.2) is 0 Å². The highest BCUT2D eigenvalue weighted by Gasteiger charge is 2.23. The van der Waals surface area contributed by atoms with Gasteiger partial charge in [0, 0.05) is 5.33 Å². The van der Waals surface area contributed by atoms with Gasteiger partial charge in [0.25, 0.3) is 0 Å². The van der Waals surface area contributed by atoms with Crippen molar-refractivity contribution in [2.75, 3.05) is 5.33 Å². The predicted molar refractivity (Wildman–Crippen MR) is 54.1 cm³/mol. The summed E-state index contributed by atoms with van der Waals surface area (Å²) in [5.74, 6) is 2.95. The molecule has 0 aromatic rings.